The second kappa shape index (κ2) is 5.96. The minimum absolute atomic E-state index is 0.123. The molecule has 0 atom stereocenters. The summed E-state index contributed by atoms with van der Waals surface area (Å²) >= 11 is 0. The Bertz CT molecular complexity index is 416. The highest BCUT2D eigenvalue weighted by Crippen LogP contribution is 2.35. The van der Waals surface area contributed by atoms with Crippen molar-refractivity contribution in [3.8, 4) is 5.75 Å². The largest absolute Gasteiger partial charge is 0.493 e. The SMILES string of the molecule is CC(C)(C)c1cc(CCCN)ccc1OCC1CC1. The van der Waals surface area contributed by atoms with Crippen LogP contribution in [0.3, 0.4) is 0 Å². The van der Waals surface area contributed by atoms with Gasteiger partial charge < -0.3 is 10.5 Å². The zero-order valence-corrected chi connectivity index (χ0v) is 12.5. The molecule has 2 nitrogen and oxygen atoms in total. The smallest absolute Gasteiger partial charge is 0.123 e. The lowest BCUT2D eigenvalue weighted by atomic mass is 9.85. The van der Waals surface area contributed by atoms with Crippen molar-refractivity contribution in [3.63, 3.8) is 0 Å². The fraction of sp³-hybridized carbons (Fsp3) is 0.647. The average molecular weight is 261 g/mol. The molecule has 1 aromatic rings. The third-order valence-electron chi connectivity index (χ3n) is 3.69. The second-order valence-electron chi connectivity index (χ2n) is 6.73. The molecule has 0 bridgehead atoms. The molecule has 1 aliphatic carbocycles. The zero-order valence-electron chi connectivity index (χ0n) is 12.5. The van der Waals surface area contributed by atoms with E-state index in [0.29, 0.717) is 0 Å². The summed E-state index contributed by atoms with van der Waals surface area (Å²) in [6.45, 7) is 8.38. The lowest BCUT2D eigenvalue weighted by Gasteiger charge is -2.24. The van der Waals surface area contributed by atoms with Crippen molar-refractivity contribution in [3.05, 3.63) is 29.3 Å². The number of hydrogen-bond donors (Lipinski definition) is 1. The maximum Gasteiger partial charge on any atom is 0.123 e. The van der Waals surface area contributed by atoms with Crippen molar-refractivity contribution in [2.45, 2.75) is 51.9 Å². The maximum atomic E-state index is 6.02. The summed E-state index contributed by atoms with van der Waals surface area (Å²) in [6, 6.07) is 6.64. The van der Waals surface area contributed by atoms with Gasteiger partial charge in [-0.05, 0) is 60.8 Å². The number of hydrogen-bond acceptors (Lipinski definition) is 2. The Kier molecular flexibility index (Phi) is 4.51. The zero-order chi connectivity index (χ0) is 13.9. The highest BCUT2D eigenvalue weighted by atomic mass is 16.5. The van der Waals surface area contributed by atoms with Gasteiger partial charge in [0.1, 0.15) is 5.75 Å². The topological polar surface area (TPSA) is 35.2 Å². The van der Waals surface area contributed by atoms with E-state index in [1.54, 1.807) is 0 Å². The van der Waals surface area contributed by atoms with Crippen LogP contribution in [0.4, 0.5) is 0 Å². The summed E-state index contributed by atoms with van der Waals surface area (Å²) in [5, 5.41) is 0. The first-order valence-corrected chi connectivity index (χ1v) is 7.47. The van der Waals surface area contributed by atoms with E-state index in [1.807, 2.05) is 0 Å². The Morgan fingerprint density at radius 1 is 1.26 bits per heavy atom. The van der Waals surface area contributed by atoms with Gasteiger partial charge >= 0.3 is 0 Å². The molecule has 0 heterocycles. The molecule has 2 rings (SSSR count). The number of rotatable bonds is 6. The van der Waals surface area contributed by atoms with E-state index < -0.39 is 0 Å². The number of ether oxygens (including phenoxy) is 1. The molecule has 19 heavy (non-hydrogen) atoms. The monoisotopic (exact) mass is 261 g/mol. The molecule has 0 amide bonds. The van der Waals surface area contributed by atoms with Crippen molar-refractivity contribution < 1.29 is 4.74 Å². The predicted octanol–water partition coefficient (Wildman–Crippen LogP) is 3.66. The molecule has 2 heteroatoms. The van der Waals surface area contributed by atoms with Gasteiger partial charge in [0.05, 0.1) is 6.61 Å². The normalized spacial score (nSPS) is 15.6. The van der Waals surface area contributed by atoms with Crippen LogP contribution in [0.2, 0.25) is 0 Å². The standard InChI is InChI=1S/C17H27NO/c1-17(2,3)15-11-13(5-4-10-18)8-9-16(15)19-12-14-6-7-14/h8-9,11,14H,4-7,10,12,18H2,1-3H3. The highest BCUT2D eigenvalue weighted by Gasteiger charge is 2.24. The van der Waals surface area contributed by atoms with E-state index >= 15 is 0 Å². The van der Waals surface area contributed by atoms with E-state index in [2.05, 4.69) is 39.0 Å². The molecule has 1 fully saturated rings. The van der Waals surface area contributed by atoms with Crippen LogP contribution >= 0.6 is 0 Å². The van der Waals surface area contributed by atoms with Gasteiger partial charge in [-0.25, -0.2) is 0 Å². The first kappa shape index (κ1) is 14.4. The summed E-state index contributed by atoms with van der Waals surface area (Å²) in [4.78, 5) is 0. The third-order valence-corrected chi connectivity index (χ3v) is 3.69. The molecular weight excluding hydrogens is 234 g/mol. The molecular formula is C17H27NO. The van der Waals surface area contributed by atoms with Gasteiger partial charge in [-0.15, -0.1) is 0 Å². The number of nitrogens with two attached hydrogens (primary N) is 1. The summed E-state index contributed by atoms with van der Waals surface area (Å²) in [5.74, 6) is 1.86. The third kappa shape index (κ3) is 4.24. The molecule has 106 valence electrons. The first-order chi connectivity index (χ1) is 9.00. The van der Waals surface area contributed by atoms with Crippen molar-refractivity contribution in [2.24, 2.45) is 11.7 Å². The van der Waals surface area contributed by atoms with Crippen molar-refractivity contribution in [2.75, 3.05) is 13.2 Å². The molecule has 1 saturated carbocycles. The van der Waals surface area contributed by atoms with E-state index in [4.69, 9.17) is 10.5 Å². The second-order valence-corrected chi connectivity index (χ2v) is 6.73. The van der Waals surface area contributed by atoms with Gasteiger partial charge in [0.15, 0.2) is 0 Å². The lowest BCUT2D eigenvalue weighted by molar-refractivity contribution is 0.292. The van der Waals surface area contributed by atoms with Gasteiger partial charge in [-0.1, -0.05) is 32.9 Å². The van der Waals surface area contributed by atoms with Crippen LogP contribution in [0.5, 0.6) is 5.75 Å². The molecule has 0 aromatic heterocycles. The van der Waals surface area contributed by atoms with E-state index in [9.17, 15) is 0 Å². The minimum atomic E-state index is 0.123. The average Bonchev–Trinajstić information content (AvgIpc) is 3.17. The van der Waals surface area contributed by atoms with Crippen LogP contribution in [0.25, 0.3) is 0 Å². The minimum Gasteiger partial charge on any atom is -0.493 e. The van der Waals surface area contributed by atoms with Gasteiger partial charge in [0.2, 0.25) is 0 Å². The van der Waals surface area contributed by atoms with Gasteiger partial charge in [0.25, 0.3) is 0 Å². The Balaban J connectivity index is 2.15. The lowest BCUT2D eigenvalue weighted by Crippen LogP contribution is -2.15. The van der Waals surface area contributed by atoms with Gasteiger partial charge in [-0.2, -0.15) is 0 Å². The molecule has 0 aliphatic heterocycles. The summed E-state index contributed by atoms with van der Waals surface area (Å²) in [7, 11) is 0. The summed E-state index contributed by atoms with van der Waals surface area (Å²) in [6.07, 6.45) is 4.77. The highest BCUT2D eigenvalue weighted by molar-refractivity contribution is 5.41. The van der Waals surface area contributed by atoms with Gasteiger partial charge in [0, 0.05) is 0 Å². The molecule has 0 radical (unpaired) electrons. The Hall–Kier alpha value is -1.02. The first-order valence-electron chi connectivity index (χ1n) is 7.47. The summed E-state index contributed by atoms with van der Waals surface area (Å²) in [5.41, 5.74) is 8.41. The van der Waals surface area contributed by atoms with Gasteiger partial charge in [-0.3, -0.25) is 0 Å². The van der Waals surface area contributed by atoms with Crippen molar-refractivity contribution in [1.82, 2.24) is 0 Å². The van der Waals surface area contributed by atoms with E-state index in [0.717, 1.165) is 37.7 Å². The molecule has 0 saturated heterocycles. The fourth-order valence-corrected chi connectivity index (χ4v) is 2.24. The van der Waals surface area contributed by atoms with Crippen LogP contribution in [0.1, 0.15) is 51.2 Å². The molecule has 0 unspecified atom stereocenters. The number of benzene rings is 1. The molecule has 1 aliphatic rings. The fourth-order valence-electron chi connectivity index (χ4n) is 2.24. The maximum absolute atomic E-state index is 6.02. The van der Waals surface area contributed by atoms with Crippen LogP contribution in [-0.2, 0) is 11.8 Å². The predicted molar refractivity (Wildman–Crippen MR) is 80.7 cm³/mol. The quantitative estimate of drug-likeness (QED) is 0.848. The molecule has 1 aromatic carbocycles. The Morgan fingerprint density at radius 3 is 2.58 bits per heavy atom. The Morgan fingerprint density at radius 2 is 2.00 bits per heavy atom. The Labute approximate surface area is 117 Å². The van der Waals surface area contributed by atoms with Crippen molar-refractivity contribution in [1.29, 1.82) is 0 Å². The number of aryl methyl sites for hydroxylation is 1. The van der Waals surface area contributed by atoms with Crippen molar-refractivity contribution >= 4 is 0 Å². The van der Waals surface area contributed by atoms with E-state index in [1.165, 1.54) is 24.0 Å². The molecule has 2 N–H and O–H groups in total. The van der Waals surface area contributed by atoms with E-state index in [-0.39, 0.29) is 5.41 Å². The van der Waals surface area contributed by atoms with Crippen LogP contribution in [0, 0.1) is 5.92 Å². The molecule has 0 spiro atoms. The van der Waals surface area contributed by atoms with Crippen LogP contribution in [0.15, 0.2) is 18.2 Å². The van der Waals surface area contributed by atoms with Crippen LogP contribution in [-0.4, -0.2) is 13.2 Å². The van der Waals surface area contributed by atoms with Crippen LogP contribution < -0.4 is 10.5 Å². The summed E-state index contributed by atoms with van der Waals surface area (Å²) < 4.78 is 6.02.